The fraction of sp³-hybridized carbons (Fsp3) is 0.600. The van der Waals surface area contributed by atoms with Gasteiger partial charge >= 0.3 is 0 Å². The van der Waals surface area contributed by atoms with E-state index in [0.717, 1.165) is 38.3 Å². The molecule has 1 heterocycles. The van der Waals surface area contributed by atoms with E-state index >= 15 is 0 Å². The normalized spacial score (nSPS) is 20.4. The highest BCUT2D eigenvalue weighted by Gasteiger charge is 2.20. The van der Waals surface area contributed by atoms with E-state index < -0.39 is 0 Å². The highest BCUT2D eigenvalue weighted by Crippen LogP contribution is 2.26. The maximum absolute atomic E-state index is 5.87. The lowest BCUT2D eigenvalue weighted by molar-refractivity contribution is 0.0408. The number of ether oxygens (including phenoxy) is 1. The average Bonchev–Trinajstić information content (AvgIpc) is 2.42. The van der Waals surface area contributed by atoms with Crippen LogP contribution in [0, 0.1) is 0 Å². The number of benzene rings is 1. The average molecular weight is 268 g/mol. The van der Waals surface area contributed by atoms with Crippen LogP contribution in [-0.2, 0) is 11.2 Å². The van der Waals surface area contributed by atoms with Crippen LogP contribution in [0.1, 0.15) is 37.0 Å². The molecule has 2 unspecified atom stereocenters. The molecule has 2 nitrogen and oxygen atoms in total. The van der Waals surface area contributed by atoms with Gasteiger partial charge in [0.05, 0.1) is 12.7 Å². The van der Waals surface area contributed by atoms with Crippen molar-refractivity contribution in [3.8, 4) is 0 Å². The van der Waals surface area contributed by atoms with E-state index in [1.165, 1.54) is 11.1 Å². The zero-order valence-corrected chi connectivity index (χ0v) is 11.7. The van der Waals surface area contributed by atoms with E-state index in [2.05, 4.69) is 36.5 Å². The quantitative estimate of drug-likeness (QED) is 0.799. The molecule has 18 heavy (non-hydrogen) atoms. The summed E-state index contributed by atoms with van der Waals surface area (Å²) in [4.78, 5) is 0. The van der Waals surface area contributed by atoms with Crippen LogP contribution in [-0.4, -0.2) is 25.1 Å². The van der Waals surface area contributed by atoms with E-state index in [0.29, 0.717) is 6.04 Å². The van der Waals surface area contributed by atoms with Crippen molar-refractivity contribution in [2.45, 2.75) is 38.3 Å². The Hall–Kier alpha value is -0.570. The van der Waals surface area contributed by atoms with Crippen molar-refractivity contribution in [2.24, 2.45) is 0 Å². The first-order valence-electron chi connectivity index (χ1n) is 6.80. The van der Waals surface area contributed by atoms with Crippen molar-refractivity contribution < 1.29 is 4.74 Å². The Bertz CT molecular complexity index is 369. The third-order valence-electron chi connectivity index (χ3n) is 3.51. The van der Waals surface area contributed by atoms with Crippen LogP contribution < -0.4 is 5.32 Å². The molecule has 2 atom stereocenters. The van der Waals surface area contributed by atoms with E-state index in [4.69, 9.17) is 16.3 Å². The highest BCUT2D eigenvalue weighted by molar-refractivity contribution is 6.17. The zero-order chi connectivity index (χ0) is 12.8. The predicted octanol–water partition coefficient (Wildman–Crippen LogP) is 3.30. The number of alkyl halides is 1. The topological polar surface area (TPSA) is 21.3 Å². The fourth-order valence-corrected chi connectivity index (χ4v) is 2.59. The van der Waals surface area contributed by atoms with Crippen molar-refractivity contribution in [1.82, 2.24) is 5.32 Å². The lowest BCUT2D eigenvalue weighted by atomic mass is 9.97. The number of nitrogens with one attached hydrogen (secondary N) is 1. The van der Waals surface area contributed by atoms with Crippen molar-refractivity contribution in [1.29, 1.82) is 0 Å². The molecular formula is C15H22ClNO. The second-order valence-corrected chi connectivity index (χ2v) is 5.33. The van der Waals surface area contributed by atoms with Crippen LogP contribution in [0.2, 0.25) is 0 Å². The fourth-order valence-electron chi connectivity index (χ4n) is 2.44. The molecule has 0 fully saturated rings. The second-order valence-electron chi connectivity index (χ2n) is 4.95. The van der Waals surface area contributed by atoms with Gasteiger partial charge in [-0.3, -0.25) is 0 Å². The van der Waals surface area contributed by atoms with Gasteiger partial charge in [0, 0.05) is 18.5 Å². The van der Waals surface area contributed by atoms with E-state index in [1.807, 2.05) is 0 Å². The molecular weight excluding hydrogens is 246 g/mol. The molecule has 1 N–H and O–H groups in total. The molecule has 1 aromatic rings. The molecule has 0 saturated carbocycles. The maximum Gasteiger partial charge on any atom is 0.0952 e. The summed E-state index contributed by atoms with van der Waals surface area (Å²) in [5.41, 5.74) is 2.78. The standard InChI is InChI=1S/C15H22ClNO/c1-12(5-4-9-16)17-11-15-14-7-3-2-6-13(14)8-10-18-15/h2-3,6-7,12,15,17H,4-5,8-11H2,1H3. The third-order valence-corrected chi connectivity index (χ3v) is 3.78. The Morgan fingerprint density at radius 2 is 2.28 bits per heavy atom. The van der Waals surface area contributed by atoms with Gasteiger partial charge in [0.1, 0.15) is 0 Å². The molecule has 1 aliphatic rings. The lowest BCUT2D eigenvalue weighted by Crippen LogP contribution is -2.33. The molecule has 0 spiro atoms. The van der Waals surface area contributed by atoms with Gasteiger partial charge in [0.25, 0.3) is 0 Å². The maximum atomic E-state index is 5.87. The van der Waals surface area contributed by atoms with E-state index in [9.17, 15) is 0 Å². The van der Waals surface area contributed by atoms with Gasteiger partial charge < -0.3 is 10.1 Å². The zero-order valence-electron chi connectivity index (χ0n) is 11.0. The highest BCUT2D eigenvalue weighted by atomic mass is 35.5. The summed E-state index contributed by atoms with van der Waals surface area (Å²) in [7, 11) is 0. The van der Waals surface area contributed by atoms with Gasteiger partial charge in [0.2, 0.25) is 0 Å². The van der Waals surface area contributed by atoms with E-state index in [1.54, 1.807) is 0 Å². The molecule has 100 valence electrons. The smallest absolute Gasteiger partial charge is 0.0952 e. The molecule has 0 amide bonds. The van der Waals surface area contributed by atoms with Gasteiger partial charge in [-0.1, -0.05) is 24.3 Å². The summed E-state index contributed by atoms with van der Waals surface area (Å²) in [6, 6.07) is 9.10. The molecule has 0 aromatic heterocycles. The van der Waals surface area contributed by atoms with Crippen molar-refractivity contribution in [2.75, 3.05) is 19.0 Å². The summed E-state index contributed by atoms with van der Waals surface area (Å²) < 4.78 is 5.87. The molecule has 0 aliphatic carbocycles. The van der Waals surface area contributed by atoms with Crippen molar-refractivity contribution in [3.05, 3.63) is 35.4 Å². The Labute approximate surface area is 115 Å². The Morgan fingerprint density at radius 3 is 3.11 bits per heavy atom. The minimum absolute atomic E-state index is 0.202. The van der Waals surface area contributed by atoms with Crippen LogP contribution in [0.4, 0.5) is 0 Å². The van der Waals surface area contributed by atoms with Crippen molar-refractivity contribution >= 4 is 11.6 Å². The molecule has 0 saturated heterocycles. The Balaban J connectivity index is 1.87. The summed E-state index contributed by atoms with van der Waals surface area (Å²) in [6.45, 7) is 3.93. The molecule has 1 aromatic carbocycles. The van der Waals surface area contributed by atoms with Gasteiger partial charge in [-0.2, -0.15) is 0 Å². The van der Waals surface area contributed by atoms with Crippen LogP contribution in [0.15, 0.2) is 24.3 Å². The SMILES string of the molecule is CC(CCCCl)NCC1OCCc2ccccc21. The van der Waals surface area contributed by atoms with Crippen LogP contribution in [0.5, 0.6) is 0 Å². The molecule has 3 heteroatoms. The van der Waals surface area contributed by atoms with Gasteiger partial charge in [-0.05, 0) is 37.3 Å². The number of rotatable bonds is 6. The first-order valence-corrected chi connectivity index (χ1v) is 7.33. The number of hydrogen-bond acceptors (Lipinski definition) is 2. The summed E-state index contributed by atoms with van der Waals surface area (Å²) in [6.07, 6.45) is 3.43. The van der Waals surface area contributed by atoms with Crippen molar-refractivity contribution in [3.63, 3.8) is 0 Å². The summed E-state index contributed by atoms with van der Waals surface area (Å²) in [5, 5.41) is 3.54. The van der Waals surface area contributed by atoms with Gasteiger partial charge in [-0.25, -0.2) is 0 Å². The lowest BCUT2D eigenvalue weighted by Gasteiger charge is -2.27. The third kappa shape index (κ3) is 3.71. The van der Waals surface area contributed by atoms with Gasteiger partial charge in [0.15, 0.2) is 0 Å². The largest absolute Gasteiger partial charge is 0.372 e. The summed E-state index contributed by atoms with van der Waals surface area (Å²) in [5.74, 6) is 0.745. The van der Waals surface area contributed by atoms with Crippen LogP contribution >= 0.6 is 11.6 Å². The number of fused-ring (bicyclic) bond motifs is 1. The first kappa shape index (κ1) is 13.9. The van der Waals surface area contributed by atoms with E-state index in [-0.39, 0.29) is 6.10 Å². The minimum atomic E-state index is 0.202. The Morgan fingerprint density at radius 1 is 1.44 bits per heavy atom. The molecule has 0 radical (unpaired) electrons. The minimum Gasteiger partial charge on any atom is -0.372 e. The summed E-state index contributed by atoms with van der Waals surface area (Å²) >= 11 is 5.71. The molecule has 1 aliphatic heterocycles. The number of halogens is 1. The van der Waals surface area contributed by atoms with Crippen LogP contribution in [0.3, 0.4) is 0 Å². The molecule has 2 rings (SSSR count). The monoisotopic (exact) mass is 267 g/mol. The predicted molar refractivity (Wildman–Crippen MR) is 76.3 cm³/mol. The molecule has 0 bridgehead atoms. The number of hydrogen-bond donors (Lipinski definition) is 1. The second kappa shape index (κ2) is 7.13. The first-order chi connectivity index (χ1) is 8.81. The van der Waals surface area contributed by atoms with Gasteiger partial charge in [-0.15, -0.1) is 11.6 Å². The van der Waals surface area contributed by atoms with Crippen LogP contribution in [0.25, 0.3) is 0 Å². The Kier molecular flexibility index (Phi) is 5.48.